The van der Waals surface area contributed by atoms with Crippen molar-refractivity contribution < 1.29 is 4.21 Å². The molecule has 0 amide bonds. The van der Waals surface area contributed by atoms with Gasteiger partial charge in [0.05, 0.1) is 16.9 Å². The molecule has 0 aliphatic carbocycles. The topological polar surface area (TPSA) is 51.0 Å². The lowest BCUT2D eigenvalue weighted by molar-refractivity contribution is 0.351. The fraction of sp³-hybridized carbons (Fsp3) is 0.400. The normalized spacial score (nSPS) is 10.0. The van der Waals surface area contributed by atoms with Crippen molar-refractivity contribution in [3.63, 3.8) is 0 Å². The van der Waals surface area contributed by atoms with Crippen molar-refractivity contribution in [2.24, 2.45) is 0 Å². The largest absolute Gasteiger partial charge is 0.299 e. The van der Waals surface area contributed by atoms with Crippen LogP contribution < -0.4 is 0 Å². The summed E-state index contributed by atoms with van der Waals surface area (Å²) in [4.78, 5) is 6.22. The number of benzene rings is 1. The zero-order chi connectivity index (χ0) is 16.4. The van der Waals surface area contributed by atoms with Crippen LogP contribution in [0.1, 0.15) is 19.7 Å². The summed E-state index contributed by atoms with van der Waals surface area (Å²) in [5, 5.41) is 6.45. The summed E-state index contributed by atoms with van der Waals surface area (Å²) in [6, 6.07) is 7.51. The minimum Gasteiger partial charge on any atom is -0.299 e. The van der Waals surface area contributed by atoms with Gasteiger partial charge >= 0.3 is 0 Å². The van der Waals surface area contributed by atoms with Gasteiger partial charge in [-0.05, 0) is 38.2 Å². The summed E-state index contributed by atoms with van der Waals surface area (Å²) in [5.74, 6) is 0.849. The summed E-state index contributed by atoms with van der Waals surface area (Å²) >= 11 is 6.40. The number of rotatable bonds is 5. The molecule has 0 fully saturated rings. The molecule has 2 aromatic rings. The van der Waals surface area contributed by atoms with Crippen LogP contribution in [0.3, 0.4) is 0 Å². The minimum atomic E-state index is 0.544. The summed E-state index contributed by atoms with van der Waals surface area (Å²) < 4.78 is 11.6. The highest BCUT2D eigenvalue weighted by Gasteiger charge is 2.01. The summed E-state index contributed by atoms with van der Waals surface area (Å²) in [6.07, 6.45) is 1.52. The molecule has 1 aromatic carbocycles. The maximum absolute atomic E-state index is 9.90. The van der Waals surface area contributed by atoms with Crippen molar-refractivity contribution in [1.82, 2.24) is 19.7 Å². The standard InChI is InChI=1S/C9H8ClN3.C6H13NOS/c1-7-11-6-12-13(7)9-4-2-3-8(10)5-9;1-3-7(4-2)5-6-9-8/h2-6H,1H3;6H,3-5H2,1-2H3. The van der Waals surface area contributed by atoms with E-state index in [1.807, 2.05) is 31.2 Å². The van der Waals surface area contributed by atoms with Gasteiger partial charge in [-0.1, -0.05) is 31.5 Å². The molecule has 0 bridgehead atoms. The molecule has 0 saturated carbocycles. The third-order valence-electron chi connectivity index (χ3n) is 3.07. The van der Waals surface area contributed by atoms with Crippen LogP contribution in [0.15, 0.2) is 30.6 Å². The SMILES string of the molecule is CCN(CC)CC=S=O.Cc1ncnn1-c1cccc(Cl)c1. The van der Waals surface area contributed by atoms with Gasteiger partial charge in [-0.3, -0.25) is 4.90 Å². The fourth-order valence-electron chi connectivity index (χ4n) is 1.78. The molecule has 1 heterocycles. The number of aryl methyl sites for hydroxylation is 1. The Hall–Kier alpha value is -1.50. The molecule has 0 atom stereocenters. The zero-order valence-corrected chi connectivity index (χ0v) is 14.6. The molecule has 0 saturated heterocycles. The average Bonchev–Trinajstić information content (AvgIpc) is 2.95. The smallest absolute Gasteiger partial charge is 0.138 e. The molecule has 7 heteroatoms. The second-order valence-corrected chi connectivity index (χ2v) is 5.41. The lowest BCUT2D eigenvalue weighted by Crippen LogP contribution is -2.24. The van der Waals surface area contributed by atoms with Crippen molar-refractivity contribution in [2.75, 3.05) is 19.6 Å². The molecule has 22 heavy (non-hydrogen) atoms. The van der Waals surface area contributed by atoms with E-state index >= 15 is 0 Å². The van der Waals surface area contributed by atoms with E-state index in [1.54, 1.807) is 10.0 Å². The van der Waals surface area contributed by atoms with Crippen molar-refractivity contribution in [2.45, 2.75) is 20.8 Å². The average molecular weight is 341 g/mol. The molecule has 0 unspecified atom stereocenters. The predicted molar refractivity (Wildman–Crippen MR) is 93.1 cm³/mol. The highest BCUT2D eigenvalue weighted by Crippen LogP contribution is 2.14. The number of nitrogens with zero attached hydrogens (tertiary/aromatic N) is 4. The molecule has 120 valence electrons. The second kappa shape index (κ2) is 10.3. The molecular formula is C15H21ClN4OS. The van der Waals surface area contributed by atoms with Gasteiger partial charge in [0.1, 0.15) is 12.2 Å². The summed E-state index contributed by atoms with van der Waals surface area (Å²) in [7, 11) is 0. The Kier molecular flexibility index (Phi) is 8.65. The van der Waals surface area contributed by atoms with Crippen molar-refractivity contribution >= 4 is 28.2 Å². The Morgan fingerprint density at radius 3 is 2.59 bits per heavy atom. The second-order valence-electron chi connectivity index (χ2n) is 4.45. The van der Waals surface area contributed by atoms with Gasteiger partial charge in [0.15, 0.2) is 0 Å². The van der Waals surface area contributed by atoms with E-state index in [9.17, 15) is 4.21 Å². The lowest BCUT2D eigenvalue weighted by atomic mass is 10.3. The molecule has 0 spiro atoms. The van der Waals surface area contributed by atoms with Crippen LogP contribution in [0, 0.1) is 6.92 Å². The molecular weight excluding hydrogens is 320 g/mol. The van der Waals surface area contributed by atoms with E-state index in [2.05, 4.69) is 28.8 Å². The number of halogens is 1. The fourth-order valence-corrected chi connectivity index (χ4v) is 2.23. The van der Waals surface area contributed by atoms with Crippen molar-refractivity contribution in [3.05, 3.63) is 41.4 Å². The summed E-state index contributed by atoms with van der Waals surface area (Å²) in [5.41, 5.74) is 0.933. The van der Waals surface area contributed by atoms with E-state index in [0.717, 1.165) is 31.1 Å². The first kappa shape index (κ1) is 18.5. The van der Waals surface area contributed by atoms with Crippen LogP contribution in [-0.4, -0.2) is 48.9 Å². The minimum absolute atomic E-state index is 0.544. The molecule has 0 aliphatic rings. The van der Waals surface area contributed by atoms with E-state index < -0.39 is 0 Å². The van der Waals surface area contributed by atoms with Gasteiger partial charge in [-0.15, -0.1) is 0 Å². The van der Waals surface area contributed by atoms with Gasteiger partial charge in [0, 0.05) is 16.9 Å². The molecule has 0 radical (unpaired) electrons. The third kappa shape index (κ3) is 6.09. The van der Waals surface area contributed by atoms with Crippen LogP contribution in [0.25, 0.3) is 5.69 Å². The zero-order valence-electron chi connectivity index (χ0n) is 13.1. The summed E-state index contributed by atoms with van der Waals surface area (Å²) in [6.45, 7) is 8.93. The Balaban J connectivity index is 0.000000239. The Labute approximate surface area is 140 Å². The van der Waals surface area contributed by atoms with Gasteiger partial charge in [0.2, 0.25) is 0 Å². The van der Waals surface area contributed by atoms with E-state index in [0.29, 0.717) is 16.3 Å². The highest BCUT2D eigenvalue weighted by atomic mass is 35.5. The van der Waals surface area contributed by atoms with Crippen molar-refractivity contribution in [3.8, 4) is 5.69 Å². The molecule has 1 aromatic heterocycles. The molecule has 2 rings (SSSR count). The Morgan fingerprint density at radius 2 is 2.09 bits per heavy atom. The van der Waals surface area contributed by atoms with Crippen LogP contribution >= 0.6 is 11.6 Å². The van der Waals surface area contributed by atoms with Gasteiger partial charge in [-0.25, -0.2) is 13.9 Å². The third-order valence-corrected chi connectivity index (χ3v) is 3.59. The first-order valence-corrected chi connectivity index (χ1v) is 8.25. The number of hydrogen-bond donors (Lipinski definition) is 0. The molecule has 5 nitrogen and oxygen atoms in total. The first-order chi connectivity index (χ1) is 10.6. The van der Waals surface area contributed by atoms with Crippen LogP contribution in [-0.2, 0) is 11.3 Å². The highest BCUT2D eigenvalue weighted by molar-refractivity contribution is 7.64. The van der Waals surface area contributed by atoms with Crippen LogP contribution in [0.4, 0.5) is 0 Å². The van der Waals surface area contributed by atoms with Crippen LogP contribution in [0.5, 0.6) is 0 Å². The van der Waals surface area contributed by atoms with E-state index in [1.165, 1.54) is 6.33 Å². The number of aromatic nitrogens is 3. The molecule has 0 aliphatic heterocycles. The first-order valence-electron chi connectivity index (χ1n) is 7.07. The van der Waals surface area contributed by atoms with Gasteiger partial charge in [-0.2, -0.15) is 5.10 Å². The Morgan fingerprint density at radius 1 is 1.36 bits per heavy atom. The van der Waals surface area contributed by atoms with Gasteiger partial charge in [0.25, 0.3) is 0 Å². The monoisotopic (exact) mass is 340 g/mol. The molecule has 0 N–H and O–H groups in total. The lowest BCUT2D eigenvalue weighted by Gasteiger charge is -2.13. The van der Waals surface area contributed by atoms with E-state index in [4.69, 9.17) is 11.6 Å². The Bertz CT molecular complexity index is 622. The van der Waals surface area contributed by atoms with Crippen molar-refractivity contribution in [1.29, 1.82) is 0 Å². The maximum atomic E-state index is 9.90. The quantitative estimate of drug-likeness (QED) is 0.785. The van der Waals surface area contributed by atoms with E-state index in [-0.39, 0.29) is 0 Å². The van der Waals surface area contributed by atoms with Gasteiger partial charge < -0.3 is 0 Å². The number of hydrogen-bond acceptors (Lipinski definition) is 4. The van der Waals surface area contributed by atoms with Crippen LogP contribution in [0.2, 0.25) is 5.02 Å². The predicted octanol–water partition coefficient (Wildman–Crippen LogP) is 2.57. The maximum Gasteiger partial charge on any atom is 0.138 e.